The van der Waals surface area contributed by atoms with Crippen molar-refractivity contribution in [3.8, 4) is 22.6 Å². The first-order valence-electron chi connectivity index (χ1n) is 9.55. The van der Waals surface area contributed by atoms with Crippen molar-refractivity contribution in [2.75, 3.05) is 5.32 Å². The van der Waals surface area contributed by atoms with Gasteiger partial charge in [-0.2, -0.15) is 0 Å². The summed E-state index contributed by atoms with van der Waals surface area (Å²) in [5, 5.41) is 2.53. The Morgan fingerprint density at radius 1 is 0.903 bits per heavy atom. The first kappa shape index (κ1) is 20.2. The van der Waals surface area contributed by atoms with E-state index in [9.17, 15) is 13.6 Å². The predicted octanol–water partition coefficient (Wildman–Crippen LogP) is 6.38. The lowest BCUT2D eigenvalue weighted by molar-refractivity contribution is 0.101. The second kappa shape index (κ2) is 8.75. The van der Waals surface area contributed by atoms with Crippen LogP contribution < -0.4 is 10.1 Å². The minimum absolute atomic E-state index is 0.428. The highest BCUT2D eigenvalue weighted by Gasteiger charge is 2.17. The fourth-order valence-corrected chi connectivity index (χ4v) is 3.16. The number of amides is 1. The first-order chi connectivity index (χ1) is 15.0. The molecule has 1 aromatic heterocycles. The van der Waals surface area contributed by atoms with Crippen molar-refractivity contribution in [2.24, 2.45) is 0 Å². The van der Waals surface area contributed by atoms with Crippen LogP contribution in [0.2, 0.25) is 0 Å². The second-order valence-corrected chi connectivity index (χ2v) is 6.90. The molecule has 4 rings (SSSR count). The van der Waals surface area contributed by atoms with Crippen molar-refractivity contribution < 1.29 is 18.3 Å². The molecule has 0 aliphatic heterocycles. The number of rotatable bonds is 5. The summed E-state index contributed by atoms with van der Waals surface area (Å²) in [5.74, 6) is -1.35. The minimum atomic E-state index is -0.907. The topological polar surface area (TPSA) is 51.2 Å². The molecule has 1 N–H and O–H groups in total. The van der Waals surface area contributed by atoms with Crippen molar-refractivity contribution in [3.63, 3.8) is 0 Å². The third kappa shape index (κ3) is 4.59. The fraction of sp³-hybridized carbons (Fsp3) is 0.0400. The lowest BCUT2D eigenvalue weighted by Crippen LogP contribution is -2.15. The van der Waals surface area contributed by atoms with Crippen LogP contribution in [0.1, 0.15) is 15.9 Å². The maximum absolute atomic E-state index is 13.8. The van der Waals surface area contributed by atoms with E-state index in [2.05, 4.69) is 10.3 Å². The fourth-order valence-electron chi connectivity index (χ4n) is 3.16. The Balaban J connectivity index is 1.54. The summed E-state index contributed by atoms with van der Waals surface area (Å²) in [6, 6.07) is 19.7. The van der Waals surface area contributed by atoms with E-state index < -0.39 is 23.1 Å². The molecule has 3 aromatic carbocycles. The molecule has 0 bridgehead atoms. The van der Waals surface area contributed by atoms with Crippen LogP contribution in [-0.4, -0.2) is 10.9 Å². The van der Waals surface area contributed by atoms with Crippen LogP contribution >= 0.6 is 0 Å². The van der Waals surface area contributed by atoms with Crippen LogP contribution in [0.25, 0.3) is 11.1 Å². The van der Waals surface area contributed by atoms with Gasteiger partial charge in [0.2, 0.25) is 0 Å². The van der Waals surface area contributed by atoms with Crippen LogP contribution in [0.3, 0.4) is 0 Å². The van der Waals surface area contributed by atoms with E-state index in [0.29, 0.717) is 17.2 Å². The van der Waals surface area contributed by atoms with Crippen LogP contribution in [0, 0.1) is 18.6 Å². The summed E-state index contributed by atoms with van der Waals surface area (Å²) < 4.78 is 33.5. The Labute approximate surface area is 178 Å². The number of anilines is 1. The van der Waals surface area contributed by atoms with Crippen molar-refractivity contribution in [2.45, 2.75) is 6.92 Å². The SMILES string of the molecule is Cc1ccc(Oc2cccnc2)cc1-c1ccc(NC(=O)c2c(F)cccc2F)cc1. The number of pyridine rings is 1. The summed E-state index contributed by atoms with van der Waals surface area (Å²) in [5.41, 5.74) is 2.73. The number of nitrogens with zero attached hydrogens (tertiary/aromatic N) is 1. The van der Waals surface area contributed by atoms with E-state index in [0.717, 1.165) is 28.8 Å². The molecule has 31 heavy (non-hydrogen) atoms. The number of hydrogen-bond acceptors (Lipinski definition) is 3. The van der Waals surface area contributed by atoms with Crippen LogP contribution in [0.15, 0.2) is 85.2 Å². The van der Waals surface area contributed by atoms with E-state index in [1.807, 2.05) is 43.3 Å². The summed E-state index contributed by atoms with van der Waals surface area (Å²) in [4.78, 5) is 16.3. The van der Waals surface area contributed by atoms with Gasteiger partial charge in [0.05, 0.1) is 6.20 Å². The number of carbonyl (C=O) groups is 1. The van der Waals surface area contributed by atoms with E-state index in [1.54, 1.807) is 30.6 Å². The minimum Gasteiger partial charge on any atom is -0.456 e. The van der Waals surface area contributed by atoms with E-state index in [-0.39, 0.29) is 0 Å². The normalized spacial score (nSPS) is 10.5. The van der Waals surface area contributed by atoms with E-state index in [1.165, 1.54) is 6.07 Å². The van der Waals surface area contributed by atoms with Gasteiger partial charge in [0.15, 0.2) is 0 Å². The molecule has 1 heterocycles. The van der Waals surface area contributed by atoms with Gasteiger partial charge >= 0.3 is 0 Å². The highest BCUT2D eigenvalue weighted by molar-refractivity contribution is 6.04. The zero-order valence-corrected chi connectivity index (χ0v) is 16.6. The predicted molar refractivity (Wildman–Crippen MR) is 115 cm³/mol. The number of aryl methyl sites for hydroxylation is 1. The maximum Gasteiger partial charge on any atom is 0.261 e. The number of hydrogen-bond donors (Lipinski definition) is 1. The Morgan fingerprint density at radius 3 is 2.32 bits per heavy atom. The molecule has 0 aliphatic carbocycles. The van der Waals surface area contributed by atoms with Crippen molar-refractivity contribution in [1.82, 2.24) is 4.98 Å². The third-order valence-electron chi connectivity index (χ3n) is 4.72. The highest BCUT2D eigenvalue weighted by atomic mass is 19.1. The van der Waals surface area contributed by atoms with Gasteiger partial charge in [-0.25, -0.2) is 8.78 Å². The van der Waals surface area contributed by atoms with Gasteiger partial charge in [-0.15, -0.1) is 0 Å². The van der Waals surface area contributed by atoms with Crippen molar-refractivity contribution in [1.29, 1.82) is 0 Å². The molecule has 4 nitrogen and oxygen atoms in total. The van der Waals surface area contributed by atoms with Crippen molar-refractivity contribution >= 4 is 11.6 Å². The number of nitrogens with one attached hydrogen (secondary N) is 1. The molecule has 0 aliphatic rings. The molecule has 154 valence electrons. The van der Waals surface area contributed by atoms with Gasteiger partial charge in [0.1, 0.15) is 28.7 Å². The number of ether oxygens (including phenoxy) is 1. The lowest BCUT2D eigenvalue weighted by atomic mass is 10.00. The Bertz CT molecular complexity index is 1210. The molecule has 0 saturated heterocycles. The molecule has 0 atom stereocenters. The quantitative estimate of drug-likeness (QED) is 0.411. The van der Waals surface area contributed by atoms with Gasteiger partial charge in [-0.1, -0.05) is 24.3 Å². The summed E-state index contributed by atoms with van der Waals surface area (Å²) >= 11 is 0. The Morgan fingerprint density at radius 2 is 1.65 bits per heavy atom. The molecular weight excluding hydrogens is 398 g/mol. The standard InChI is InChI=1S/C25H18F2N2O2/c1-16-7-12-19(31-20-4-3-13-28-15-20)14-21(16)17-8-10-18(11-9-17)29-25(30)24-22(26)5-2-6-23(24)27/h2-15H,1H3,(H,29,30). The van der Waals surface area contributed by atoms with E-state index in [4.69, 9.17) is 4.74 Å². The van der Waals surface area contributed by atoms with Crippen LogP contribution in [0.4, 0.5) is 14.5 Å². The molecule has 4 aromatic rings. The summed E-state index contributed by atoms with van der Waals surface area (Å²) in [7, 11) is 0. The van der Waals surface area contributed by atoms with Gasteiger partial charge in [-0.3, -0.25) is 9.78 Å². The average molecular weight is 416 g/mol. The Hall–Kier alpha value is -4.06. The first-order valence-corrected chi connectivity index (χ1v) is 9.55. The average Bonchev–Trinajstić information content (AvgIpc) is 2.76. The third-order valence-corrected chi connectivity index (χ3v) is 4.72. The van der Waals surface area contributed by atoms with Gasteiger partial charge in [-0.05, 0) is 72.1 Å². The molecular formula is C25H18F2N2O2. The zero-order valence-electron chi connectivity index (χ0n) is 16.6. The van der Waals surface area contributed by atoms with Crippen molar-refractivity contribution in [3.05, 3.63) is 108 Å². The van der Waals surface area contributed by atoms with Crippen LogP contribution in [0.5, 0.6) is 11.5 Å². The molecule has 0 spiro atoms. The molecule has 0 saturated carbocycles. The number of halogens is 2. The highest BCUT2D eigenvalue weighted by Crippen LogP contribution is 2.31. The van der Waals surface area contributed by atoms with Gasteiger partial charge in [0.25, 0.3) is 5.91 Å². The van der Waals surface area contributed by atoms with Crippen LogP contribution in [-0.2, 0) is 0 Å². The smallest absolute Gasteiger partial charge is 0.261 e. The molecule has 0 fully saturated rings. The number of benzene rings is 3. The number of carbonyl (C=O) groups excluding carboxylic acids is 1. The Kier molecular flexibility index (Phi) is 5.71. The molecule has 0 unspecified atom stereocenters. The summed E-state index contributed by atoms with van der Waals surface area (Å²) in [6.45, 7) is 1.99. The molecule has 1 amide bonds. The van der Waals surface area contributed by atoms with E-state index >= 15 is 0 Å². The lowest BCUT2D eigenvalue weighted by Gasteiger charge is -2.12. The zero-order chi connectivity index (χ0) is 21.8. The second-order valence-electron chi connectivity index (χ2n) is 6.90. The summed E-state index contributed by atoms with van der Waals surface area (Å²) in [6.07, 6.45) is 3.31. The largest absolute Gasteiger partial charge is 0.456 e. The molecule has 0 radical (unpaired) electrons. The number of aromatic nitrogens is 1. The monoisotopic (exact) mass is 416 g/mol. The van der Waals surface area contributed by atoms with Gasteiger partial charge in [0, 0.05) is 11.9 Å². The van der Waals surface area contributed by atoms with Gasteiger partial charge < -0.3 is 10.1 Å². The maximum atomic E-state index is 13.8. The molecule has 6 heteroatoms.